The maximum absolute atomic E-state index is 6.32. The van der Waals surface area contributed by atoms with Crippen LogP contribution in [0.25, 0.3) is 0 Å². The van der Waals surface area contributed by atoms with Gasteiger partial charge in [0.25, 0.3) is 0 Å². The molecule has 0 bridgehead atoms. The van der Waals surface area contributed by atoms with Crippen LogP contribution < -0.4 is 4.43 Å². The van der Waals surface area contributed by atoms with Gasteiger partial charge in [0.2, 0.25) is 8.32 Å². The van der Waals surface area contributed by atoms with Crippen LogP contribution in [0.3, 0.4) is 0 Å². The molecule has 0 aliphatic heterocycles. The van der Waals surface area contributed by atoms with Crippen LogP contribution in [0.5, 0.6) is 5.75 Å². The van der Waals surface area contributed by atoms with Crippen LogP contribution in [-0.4, -0.2) is 16.4 Å². The van der Waals surface area contributed by atoms with Crippen molar-refractivity contribution in [2.24, 2.45) is 0 Å². The molecule has 1 nitrogen and oxygen atoms in total. The van der Waals surface area contributed by atoms with Crippen molar-refractivity contribution in [3.8, 4) is 17.2 Å². The Morgan fingerprint density at radius 2 is 1.60 bits per heavy atom. The first kappa shape index (κ1) is 17.1. The quantitative estimate of drug-likeness (QED) is 0.532. The van der Waals surface area contributed by atoms with Crippen LogP contribution in [0.1, 0.15) is 26.3 Å². The molecule has 0 saturated heterocycles. The maximum atomic E-state index is 6.32. The smallest absolute Gasteiger partial charge is 0.250 e. The molecule has 0 aromatic heterocycles. The van der Waals surface area contributed by atoms with Gasteiger partial charge in [-0.2, -0.15) is 0 Å². The van der Waals surface area contributed by atoms with Crippen LogP contribution in [0.4, 0.5) is 0 Å². The molecule has 0 atom stereocenters. The maximum Gasteiger partial charge on any atom is 0.250 e. The topological polar surface area (TPSA) is 9.23 Å². The van der Waals surface area contributed by atoms with Crippen molar-refractivity contribution in [3.05, 3.63) is 29.8 Å². The van der Waals surface area contributed by atoms with E-state index in [-0.39, 0.29) is 5.04 Å². The van der Waals surface area contributed by atoms with Crippen molar-refractivity contribution in [2.75, 3.05) is 0 Å². The molecule has 3 heteroatoms. The lowest BCUT2D eigenvalue weighted by molar-refractivity contribution is 0.492. The Labute approximate surface area is 126 Å². The summed E-state index contributed by atoms with van der Waals surface area (Å²) >= 11 is 0. The van der Waals surface area contributed by atoms with Gasteiger partial charge in [-0.3, -0.25) is 0 Å². The second-order valence-electron chi connectivity index (χ2n) is 7.89. The number of rotatable bonds is 2. The molecule has 0 unspecified atom stereocenters. The second kappa shape index (κ2) is 5.79. The first-order chi connectivity index (χ1) is 8.91. The molecule has 0 radical (unpaired) electrons. The summed E-state index contributed by atoms with van der Waals surface area (Å²) in [5.74, 6) is 4.25. The molecular formula is C17H28OSi2. The van der Waals surface area contributed by atoms with Gasteiger partial charge >= 0.3 is 0 Å². The summed E-state index contributed by atoms with van der Waals surface area (Å²) in [6, 6.07) is 8.22. The first-order valence-corrected chi connectivity index (χ1v) is 13.6. The molecule has 0 heterocycles. The van der Waals surface area contributed by atoms with Crippen LogP contribution >= 0.6 is 0 Å². The van der Waals surface area contributed by atoms with Crippen LogP contribution in [0, 0.1) is 11.5 Å². The molecule has 20 heavy (non-hydrogen) atoms. The summed E-state index contributed by atoms with van der Waals surface area (Å²) in [5.41, 5.74) is 4.46. The zero-order chi connectivity index (χ0) is 15.6. The molecule has 1 aromatic carbocycles. The molecule has 110 valence electrons. The molecule has 0 fully saturated rings. The zero-order valence-corrected chi connectivity index (χ0v) is 16.2. The molecule has 0 spiro atoms. The molecule has 1 rings (SSSR count). The van der Waals surface area contributed by atoms with Crippen LogP contribution in [0.15, 0.2) is 24.3 Å². The molecule has 0 aliphatic carbocycles. The summed E-state index contributed by atoms with van der Waals surface area (Å²) in [5, 5.41) is 0.215. The van der Waals surface area contributed by atoms with Crippen molar-refractivity contribution >= 4 is 16.4 Å². The summed E-state index contributed by atoms with van der Waals surface area (Å²) in [7, 11) is -3.10. The normalized spacial score (nSPS) is 12.6. The molecule has 0 saturated carbocycles. The summed E-state index contributed by atoms with van der Waals surface area (Å²) in [4.78, 5) is 0. The van der Waals surface area contributed by atoms with Gasteiger partial charge in [0.15, 0.2) is 0 Å². The number of benzene rings is 1. The molecule has 1 aromatic rings. The minimum Gasteiger partial charge on any atom is -0.543 e. The highest BCUT2D eigenvalue weighted by molar-refractivity contribution is 6.83. The Hall–Kier alpha value is -0.986. The lowest BCUT2D eigenvalue weighted by Crippen LogP contribution is -2.43. The fourth-order valence-corrected chi connectivity index (χ4v) is 2.89. The Morgan fingerprint density at radius 1 is 1.00 bits per heavy atom. The van der Waals surface area contributed by atoms with Gasteiger partial charge in [-0.15, -0.1) is 5.54 Å². The average molecular weight is 305 g/mol. The van der Waals surface area contributed by atoms with E-state index in [1.165, 1.54) is 0 Å². The van der Waals surface area contributed by atoms with Gasteiger partial charge in [-0.25, -0.2) is 0 Å². The van der Waals surface area contributed by atoms with E-state index >= 15 is 0 Å². The second-order valence-corrected chi connectivity index (χ2v) is 17.4. The standard InChI is InChI=1S/C17H28OSi2/c1-17(2,3)20(7,8)18-16-11-9-10-15(14-16)12-13-19(4,5)6/h9-11,14H,1-8H3. The van der Waals surface area contributed by atoms with Gasteiger partial charge in [0.05, 0.1) is 0 Å². The first-order valence-electron chi connectivity index (χ1n) is 7.23. The summed E-state index contributed by atoms with van der Waals surface area (Å²) in [6.07, 6.45) is 0. The van der Waals surface area contributed by atoms with E-state index in [4.69, 9.17) is 4.43 Å². The fraction of sp³-hybridized carbons (Fsp3) is 0.529. The van der Waals surface area contributed by atoms with Crippen molar-refractivity contribution in [1.29, 1.82) is 0 Å². The Balaban J connectivity index is 2.97. The van der Waals surface area contributed by atoms with E-state index in [1.54, 1.807) is 0 Å². The lowest BCUT2D eigenvalue weighted by Gasteiger charge is -2.36. The third-order valence-corrected chi connectivity index (χ3v) is 8.83. The van der Waals surface area contributed by atoms with Gasteiger partial charge in [0.1, 0.15) is 13.8 Å². The zero-order valence-electron chi connectivity index (χ0n) is 14.2. The van der Waals surface area contributed by atoms with Crippen LogP contribution in [-0.2, 0) is 0 Å². The largest absolute Gasteiger partial charge is 0.543 e. The predicted molar refractivity (Wildman–Crippen MR) is 94.5 cm³/mol. The molecule has 0 aliphatic rings. The lowest BCUT2D eigenvalue weighted by atomic mass is 10.2. The van der Waals surface area contributed by atoms with Crippen molar-refractivity contribution in [2.45, 2.75) is 58.5 Å². The Bertz CT molecular complexity index is 522. The van der Waals surface area contributed by atoms with E-state index < -0.39 is 16.4 Å². The van der Waals surface area contributed by atoms with E-state index in [0.29, 0.717) is 0 Å². The third kappa shape index (κ3) is 5.18. The summed E-state index contributed by atoms with van der Waals surface area (Å²) < 4.78 is 6.32. The highest BCUT2D eigenvalue weighted by atomic mass is 28.4. The average Bonchev–Trinajstić information content (AvgIpc) is 2.24. The minimum atomic E-state index is -1.77. The van der Waals surface area contributed by atoms with E-state index in [1.807, 2.05) is 12.1 Å². The number of hydrogen-bond acceptors (Lipinski definition) is 1. The third-order valence-electron chi connectivity index (χ3n) is 3.60. The minimum absolute atomic E-state index is 0.215. The Morgan fingerprint density at radius 3 is 2.10 bits per heavy atom. The molecule has 0 amide bonds. The van der Waals surface area contributed by atoms with Crippen molar-refractivity contribution < 1.29 is 4.43 Å². The van der Waals surface area contributed by atoms with Gasteiger partial charge in [0, 0.05) is 5.56 Å². The van der Waals surface area contributed by atoms with Crippen molar-refractivity contribution in [1.82, 2.24) is 0 Å². The van der Waals surface area contributed by atoms with Crippen LogP contribution in [0.2, 0.25) is 37.8 Å². The summed E-state index contributed by atoms with van der Waals surface area (Å²) in [6.45, 7) is 18.1. The molecular weight excluding hydrogens is 276 g/mol. The van der Waals surface area contributed by atoms with E-state index in [2.05, 4.69) is 77.1 Å². The van der Waals surface area contributed by atoms with Gasteiger partial charge < -0.3 is 4.43 Å². The highest BCUT2D eigenvalue weighted by Crippen LogP contribution is 2.37. The highest BCUT2D eigenvalue weighted by Gasteiger charge is 2.38. The van der Waals surface area contributed by atoms with Gasteiger partial charge in [-0.1, -0.05) is 52.4 Å². The SMILES string of the molecule is CC(C)(C)[Si](C)(C)Oc1cccc(C#C[Si](C)(C)C)c1. The monoisotopic (exact) mass is 304 g/mol. The van der Waals surface area contributed by atoms with E-state index in [0.717, 1.165) is 11.3 Å². The van der Waals surface area contributed by atoms with E-state index in [9.17, 15) is 0 Å². The molecule has 0 N–H and O–H groups in total. The van der Waals surface area contributed by atoms with Crippen molar-refractivity contribution in [3.63, 3.8) is 0 Å². The van der Waals surface area contributed by atoms with Gasteiger partial charge in [-0.05, 0) is 36.3 Å². The fourth-order valence-electron chi connectivity index (χ4n) is 1.34. The number of hydrogen-bond donors (Lipinski definition) is 0. The predicted octanol–water partition coefficient (Wildman–Crippen LogP) is 5.30. The Kier molecular flexibility index (Phi) is 4.94.